The van der Waals surface area contributed by atoms with Crippen LogP contribution >= 0.6 is 0 Å². The second-order valence-corrected chi connectivity index (χ2v) is 6.45. The highest BCUT2D eigenvalue weighted by atomic mass is 19.4. The first-order chi connectivity index (χ1) is 12.0. The van der Waals surface area contributed by atoms with E-state index in [0.29, 0.717) is 22.2 Å². The molecule has 0 bridgehead atoms. The van der Waals surface area contributed by atoms with Crippen molar-refractivity contribution in [1.29, 1.82) is 0 Å². The van der Waals surface area contributed by atoms with Gasteiger partial charge in [-0.05, 0) is 12.1 Å². The summed E-state index contributed by atoms with van der Waals surface area (Å²) in [5.41, 5.74) is -1.83. The van der Waals surface area contributed by atoms with E-state index < -0.39 is 36.5 Å². The summed E-state index contributed by atoms with van der Waals surface area (Å²) >= 11 is 0. The van der Waals surface area contributed by atoms with Gasteiger partial charge >= 0.3 is 12.1 Å². The molecule has 26 heavy (non-hydrogen) atoms. The second kappa shape index (κ2) is 7.23. The maximum Gasteiger partial charge on any atom is 0.394 e. The van der Waals surface area contributed by atoms with E-state index >= 15 is 0 Å². The molecule has 0 fully saturated rings. The lowest BCUT2D eigenvalue weighted by atomic mass is 9.88. The van der Waals surface area contributed by atoms with Crippen molar-refractivity contribution in [2.45, 2.75) is 26.4 Å². The van der Waals surface area contributed by atoms with Crippen molar-refractivity contribution in [3.8, 4) is 5.75 Å². The van der Waals surface area contributed by atoms with Crippen LogP contribution < -0.4 is 10.1 Å². The molecule has 0 aliphatic carbocycles. The molecule has 0 heterocycles. The summed E-state index contributed by atoms with van der Waals surface area (Å²) < 4.78 is 44.0. The monoisotopic (exact) mass is 369 g/mol. The summed E-state index contributed by atoms with van der Waals surface area (Å²) in [5.74, 6) is -1.60. The number of anilines is 1. The van der Waals surface area contributed by atoms with Gasteiger partial charge in [-0.25, -0.2) is 4.79 Å². The fraction of sp³-hybridized carbons (Fsp3) is 0.333. The predicted octanol–water partition coefficient (Wildman–Crippen LogP) is 4.22. The minimum absolute atomic E-state index is 0.302. The summed E-state index contributed by atoms with van der Waals surface area (Å²) in [6.07, 6.45) is -5.22. The van der Waals surface area contributed by atoms with Crippen LogP contribution in [0.1, 0.15) is 20.3 Å². The SMILES string of the molecule is CC(C)(CC(=O)Nc1ccc(OCC(=O)O)c2ccccc12)C(F)(F)F. The van der Waals surface area contributed by atoms with Crippen molar-refractivity contribution >= 4 is 28.3 Å². The van der Waals surface area contributed by atoms with Gasteiger partial charge in [0.1, 0.15) is 5.75 Å². The first-order valence-corrected chi connectivity index (χ1v) is 7.74. The summed E-state index contributed by atoms with van der Waals surface area (Å²) in [4.78, 5) is 22.8. The van der Waals surface area contributed by atoms with Crippen molar-refractivity contribution < 1.29 is 32.6 Å². The van der Waals surface area contributed by atoms with Crippen molar-refractivity contribution in [3.63, 3.8) is 0 Å². The maximum absolute atomic E-state index is 12.9. The number of amides is 1. The molecule has 8 heteroatoms. The Hall–Kier alpha value is -2.77. The van der Waals surface area contributed by atoms with Gasteiger partial charge in [-0.2, -0.15) is 13.2 Å². The Balaban J connectivity index is 2.27. The number of benzene rings is 2. The maximum atomic E-state index is 12.9. The summed E-state index contributed by atoms with van der Waals surface area (Å²) in [6.45, 7) is 1.40. The third-order valence-electron chi connectivity index (χ3n) is 3.88. The second-order valence-electron chi connectivity index (χ2n) is 6.45. The standard InChI is InChI=1S/C18H18F3NO4/c1-17(2,18(19,20)21)9-15(23)22-13-7-8-14(26-10-16(24)25)12-6-4-3-5-11(12)13/h3-8H,9-10H2,1-2H3,(H,22,23)(H,24,25). The Labute approximate surface area is 147 Å². The summed E-state index contributed by atoms with van der Waals surface area (Å²) in [7, 11) is 0. The number of rotatable bonds is 6. The molecule has 0 saturated heterocycles. The average molecular weight is 369 g/mol. The lowest BCUT2D eigenvalue weighted by molar-refractivity contribution is -0.213. The smallest absolute Gasteiger partial charge is 0.394 e. The van der Waals surface area contributed by atoms with Gasteiger partial charge in [0.05, 0.1) is 5.41 Å². The molecule has 0 unspecified atom stereocenters. The van der Waals surface area contributed by atoms with E-state index in [-0.39, 0.29) is 0 Å². The van der Waals surface area contributed by atoms with Gasteiger partial charge < -0.3 is 15.2 Å². The van der Waals surface area contributed by atoms with E-state index in [1.54, 1.807) is 24.3 Å². The van der Waals surface area contributed by atoms with E-state index in [1.807, 2.05) is 0 Å². The molecule has 0 spiro atoms. The Kier molecular flexibility index (Phi) is 5.44. The van der Waals surface area contributed by atoms with Crippen LogP contribution in [0.2, 0.25) is 0 Å². The number of hydrogen-bond donors (Lipinski definition) is 2. The van der Waals surface area contributed by atoms with Crippen LogP contribution in [0.3, 0.4) is 0 Å². The molecule has 140 valence electrons. The Morgan fingerprint density at radius 1 is 1.08 bits per heavy atom. The molecule has 1 amide bonds. The van der Waals surface area contributed by atoms with Crippen LogP contribution in [0.4, 0.5) is 18.9 Å². The van der Waals surface area contributed by atoms with Gasteiger partial charge in [0.15, 0.2) is 6.61 Å². The molecular weight excluding hydrogens is 351 g/mol. The third-order valence-corrected chi connectivity index (χ3v) is 3.88. The summed E-state index contributed by atoms with van der Waals surface area (Å²) in [5, 5.41) is 12.3. The summed E-state index contributed by atoms with van der Waals surface area (Å²) in [6, 6.07) is 9.66. The zero-order valence-electron chi connectivity index (χ0n) is 14.2. The van der Waals surface area contributed by atoms with Gasteiger partial charge in [0.2, 0.25) is 5.91 Å². The number of carbonyl (C=O) groups excluding carboxylic acids is 1. The van der Waals surface area contributed by atoms with E-state index in [2.05, 4.69) is 5.32 Å². The number of ether oxygens (including phenoxy) is 1. The number of alkyl halides is 3. The normalized spacial score (nSPS) is 12.0. The number of halogens is 3. The van der Waals surface area contributed by atoms with Crippen LogP contribution in [0.25, 0.3) is 10.8 Å². The molecule has 0 saturated carbocycles. The van der Waals surface area contributed by atoms with Crippen LogP contribution in [0, 0.1) is 5.41 Å². The Bertz CT molecular complexity index is 831. The molecule has 2 aromatic carbocycles. The molecule has 2 rings (SSSR count). The van der Waals surface area contributed by atoms with Gasteiger partial charge in [0.25, 0.3) is 0 Å². The zero-order chi connectivity index (χ0) is 19.5. The molecule has 0 radical (unpaired) electrons. The number of carboxylic acid groups (broad SMARTS) is 1. The van der Waals surface area contributed by atoms with E-state index in [9.17, 15) is 22.8 Å². The van der Waals surface area contributed by atoms with Crippen LogP contribution in [0.15, 0.2) is 36.4 Å². The topological polar surface area (TPSA) is 75.6 Å². The molecule has 0 aliphatic rings. The van der Waals surface area contributed by atoms with Crippen molar-refractivity contribution in [2.75, 3.05) is 11.9 Å². The highest BCUT2D eigenvalue weighted by Gasteiger charge is 2.48. The van der Waals surface area contributed by atoms with Gasteiger partial charge in [-0.15, -0.1) is 0 Å². The number of fused-ring (bicyclic) bond motifs is 1. The van der Waals surface area contributed by atoms with Crippen LogP contribution in [0.5, 0.6) is 5.75 Å². The number of carboxylic acids is 1. The predicted molar refractivity (Wildman–Crippen MR) is 90.2 cm³/mol. The fourth-order valence-electron chi connectivity index (χ4n) is 2.34. The quantitative estimate of drug-likeness (QED) is 0.799. The van der Waals surface area contributed by atoms with E-state index in [0.717, 1.165) is 13.8 Å². The first-order valence-electron chi connectivity index (χ1n) is 7.74. The first kappa shape index (κ1) is 19.6. The van der Waals surface area contributed by atoms with Crippen LogP contribution in [-0.2, 0) is 9.59 Å². The number of nitrogens with one attached hydrogen (secondary N) is 1. The number of carbonyl (C=O) groups is 2. The highest BCUT2D eigenvalue weighted by Crippen LogP contribution is 2.40. The van der Waals surface area contributed by atoms with E-state index in [1.165, 1.54) is 12.1 Å². The number of aliphatic carboxylic acids is 1. The van der Waals surface area contributed by atoms with Gasteiger partial charge in [-0.3, -0.25) is 4.79 Å². The van der Waals surface area contributed by atoms with Crippen molar-refractivity contribution in [1.82, 2.24) is 0 Å². The zero-order valence-corrected chi connectivity index (χ0v) is 14.2. The molecule has 5 nitrogen and oxygen atoms in total. The van der Waals surface area contributed by atoms with Gasteiger partial charge in [-0.1, -0.05) is 38.1 Å². The van der Waals surface area contributed by atoms with Crippen molar-refractivity contribution in [3.05, 3.63) is 36.4 Å². The fourth-order valence-corrected chi connectivity index (χ4v) is 2.34. The van der Waals surface area contributed by atoms with Crippen molar-refractivity contribution in [2.24, 2.45) is 5.41 Å². The Morgan fingerprint density at radius 3 is 2.27 bits per heavy atom. The number of hydrogen-bond acceptors (Lipinski definition) is 3. The molecule has 0 atom stereocenters. The van der Waals surface area contributed by atoms with Crippen LogP contribution in [-0.4, -0.2) is 29.8 Å². The largest absolute Gasteiger partial charge is 0.481 e. The molecule has 0 aromatic heterocycles. The Morgan fingerprint density at radius 2 is 1.69 bits per heavy atom. The molecular formula is C18H18F3NO4. The molecule has 2 N–H and O–H groups in total. The molecule has 2 aromatic rings. The van der Waals surface area contributed by atoms with Gasteiger partial charge in [0, 0.05) is 22.9 Å². The van der Waals surface area contributed by atoms with E-state index in [4.69, 9.17) is 9.84 Å². The minimum Gasteiger partial charge on any atom is -0.481 e. The minimum atomic E-state index is -4.50. The lowest BCUT2D eigenvalue weighted by Gasteiger charge is -2.27. The average Bonchev–Trinajstić information content (AvgIpc) is 2.52. The molecule has 0 aliphatic heterocycles. The highest BCUT2D eigenvalue weighted by molar-refractivity contribution is 6.04. The lowest BCUT2D eigenvalue weighted by Crippen LogP contribution is -2.35. The third kappa shape index (κ3) is 4.44.